The van der Waals surface area contributed by atoms with Crippen molar-refractivity contribution in [3.63, 3.8) is 0 Å². The van der Waals surface area contributed by atoms with Crippen molar-refractivity contribution in [2.75, 3.05) is 31.3 Å². The third-order valence-corrected chi connectivity index (χ3v) is 8.16. The molecule has 0 bridgehead atoms. The van der Waals surface area contributed by atoms with Gasteiger partial charge in [0.2, 0.25) is 10.0 Å². The highest BCUT2D eigenvalue weighted by atomic mass is 32.2. The minimum absolute atomic E-state index is 0.0978. The van der Waals surface area contributed by atoms with Crippen molar-refractivity contribution in [2.24, 2.45) is 0 Å². The van der Waals surface area contributed by atoms with Gasteiger partial charge in [-0.2, -0.15) is 19.2 Å². The number of hydrogen-bond acceptors (Lipinski definition) is 8. The molecule has 4 heterocycles. The summed E-state index contributed by atoms with van der Waals surface area (Å²) in [5, 5.41) is 16.8. The summed E-state index contributed by atoms with van der Waals surface area (Å²) in [6, 6.07) is 12.0. The van der Waals surface area contributed by atoms with Gasteiger partial charge in [0, 0.05) is 31.1 Å². The monoisotopic (exact) mass is 523 g/mol. The molecule has 1 aromatic carbocycles. The van der Waals surface area contributed by atoms with Crippen LogP contribution in [0, 0.1) is 17.1 Å². The van der Waals surface area contributed by atoms with E-state index in [0.29, 0.717) is 47.5 Å². The highest BCUT2D eigenvalue weighted by molar-refractivity contribution is 7.88. The lowest BCUT2D eigenvalue weighted by atomic mass is 10.1. The summed E-state index contributed by atoms with van der Waals surface area (Å²) in [6.45, 7) is 0.696. The smallest absolute Gasteiger partial charge is 0.211 e. The predicted octanol–water partition coefficient (Wildman–Crippen LogP) is 3.87. The topological polar surface area (TPSA) is 107 Å². The van der Waals surface area contributed by atoms with Crippen LogP contribution in [-0.4, -0.2) is 58.7 Å². The molecular formula is C24H22FN7O2S2. The van der Waals surface area contributed by atoms with Crippen LogP contribution in [0.5, 0.6) is 0 Å². The lowest BCUT2D eigenvalue weighted by Gasteiger charge is -2.24. The maximum absolute atomic E-state index is 13.3. The van der Waals surface area contributed by atoms with Crippen LogP contribution < -0.4 is 4.90 Å². The first-order valence-electron chi connectivity index (χ1n) is 11.1. The molecule has 1 aliphatic heterocycles. The number of rotatable bonds is 6. The normalized spacial score (nSPS) is 14.6. The number of fused-ring (bicyclic) bond motifs is 1. The van der Waals surface area contributed by atoms with Gasteiger partial charge in [-0.15, -0.1) is 11.3 Å². The van der Waals surface area contributed by atoms with E-state index in [1.165, 1.54) is 34.0 Å². The number of nitriles is 1. The minimum Gasteiger partial charge on any atom is -0.304 e. The van der Waals surface area contributed by atoms with E-state index in [4.69, 9.17) is 10.1 Å². The van der Waals surface area contributed by atoms with E-state index in [9.17, 15) is 18.1 Å². The molecule has 0 unspecified atom stereocenters. The molecule has 36 heavy (non-hydrogen) atoms. The number of benzene rings is 1. The third-order valence-electron chi connectivity index (χ3n) is 5.98. The Kier molecular flexibility index (Phi) is 6.29. The van der Waals surface area contributed by atoms with Gasteiger partial charge in [0.05, 0.1) is 35.8 Å². The molecule has 9 nitrogen and oxygen atoms in total. The van der Waals surface area contributed by atoms with Crippen LogP contribution in [0.25, 0.3) is 22.5 Å². The predicted molar refractivity (Wildman–Crippen MR) is 137 cm³/mol. The fraction of sp³-hybridized carbons (Fsp3) is 0.250. The Morgan fingerprint density at radius 3 is 2.61 bits per heavy atom. The Hall–Kier alpha value is -3.66. The van der Waals surface area contributed by atoms with Crippen molar-refractivity contribution >= 4 is 43.5 Å². The molecule has 1 aliphatic rings. The first kappa shape index (κ1) is 24.1. The molecule has 5 rings (SSSR count). The minimum atomic E-state index is -3.25. The number of thiazole rings is 1. The molecule has 184 valence electrons. The second kappa shape index (κ2) is 9.42. The molecule has 0 N–H and O–H groups in total. The Bertz CT molecular complexity index is 1620. The van der Waals surface area contributed by atoms with Gasteiger partial charge < -0.3 is 4.90 Å². The molecule has 4 aromatic rings. The van der Waals surface area contributed by atoms with Gasteiger partial charge in [-0.05, 0) is 48.4 Å². The lowest BCUT2D eigenvalue weighted by molar-refractivity contribution is 0.445. The molecule has 12 heteroatoms. The number of nitrogens with zero attached hydrogens (tertiary/aromatic N) is 7. The van der Waals surface area contributed by atoms with Crippen LogP contribution in [0.3, 0.4) is 0 Å². The summed E-state index contributed by atoms with van der Waals surface area (Å²) in [6.07, 6.45) is 3.73. The molecule has 0 radical (unpaired) electrons. The Morgan fingerprint density at radius 1 is 1.17 bits per heavy atom. The molecule has 0 saturated carbocycles. The van der Waals surface area contributed by atoms with E-state index < -0.39 is 10.0 Å². The van der Waals surface area contributed by atoms with Crippen LogP contribution in [0.15, 0.2) is 47.9 Å². The highest BCUT2D eigenvalue weighted by Gasteiger charge is 2.24. The van der Waals surface area contributed by atoms with Gasteiger partial charge in [-0.1, -0.05) is 6.08 Å². The van der Waals surface area contributed by atoms with E-state index in [2.05, 4.69) is 11.1 Å². The summed E-state index contributed by atoms with van der Waals surface area (Å²) < 4.78 is 40.1. The van der Waals surface area contributed by atoms with Crippen molar-refractivity contribution in [2.45, 2.75) is 12.8 Å². The molecule has 0 atom stereocenters. The van der Waals surface area contributed by atoms with Crippen molar-refractivity contribution < 1.29 is 12.8 Å². The van der Waals surface area contributed by atoms with Crippen LogP contribution in [0.4, 0.5) is 15.3 Å². The maximum Gasteiger partial charge on any atom is 0.211 e. The Balaban J connectivity index is 1.52. The standard InChI is InChI=1S/C24H22FN7O2S2/c1-30(24-28-21(15-35-24)16-3-5-18(25)6-4-16)23-20(9-12-26)27-22-8-7-19(29-32(22)23)17-10-13-31(14-11-17)36(2,33)34/h3-8,10,15H,9,11,13-14H2,1-2H3. The van der Waals surface area contributed by atoms with Gasteiger partial charge in [0.1, 0.15) is 5.82 Å². The largest absolute Gasteiger partial charge is 0.304 e. The van der Waals surface area contributed by atoms with Crippen LogP contribution in [0.1, 0.15) is 17.8 Å². The average molecular weight is 524 g/mol. The zero-order valence-corrected chi connectivity index (χ0v) is 21.2. The van der Waals surface area contributed by atoms with E-state index in [1.807, 2.05) is 35.5 Å². The number of anilines is 2. The quantitative estimate of drug-likeness (QED) is 0.377. The molecule has 0 aliphatic carbocycles. The Morgan fingerprint density at radius 2 is 1.94 bits per heavy atom. The molecule has 0 amide bonds. The van der Waals surface area contributed by atoms with Crippen LogP contribution >= 0.6 is 11.3 Å². The van der Waals surface area contributed by atoms with Crippen molar-refractivity contribution in [1.29, 1.82) is 5.26 Å². The van der Waals surface area contributed by atoms with Crippen molar-refractivity contribution in [3.8, 4) is 17.3 Å². The number of aromatic nitrogens is 4. The van der Waals surface area contributed by atoms with Gasteiger partial charge in [-0.25, -0.2) is 22.8 Å². The summed E-state index contributed by atoms with van der Waals surface area (Å²) in [5.74, 6) is 0.319. The maximum atomic E-state index is 13.3. The molecule has 0 spiro atoms. The number of imidazole rings is 1. The number of sulfonamides is 1. The van der Waals surface area contributed by atoms with Crippen molar-refractivity contribution in [1.82, 2.24) is 23.9 Å². The zero-order chi connectivity index (χ0) is 25.4. The second-order valence-corrected chi connectivity index (χ2v) is 11.2. The highest BCUT2D eigenvalue weighted by Crippen LogP contribution is 2.34. The molecular weight excluding hydrogens is 501 g/mol. The van der Waals surface area contributed by atoms with E-state index in [0.717, 1.165) is 16.8 Å². The van der Waals surface area contributed by atoms with Gasteiger partial charge >= 0.3 is 0 Å². The third kappa shape index (κ3) is 4.60. The number of hydrogen-bond donors (Lipinski definition) is 0. The van der Waals surface area contributed by atoms with Crippen LogP contribution in [-0.2, 0) is 16.4 Å². The summed E-state index contributed by atoms with van der Waals surface area (Å²) in [7, 11) is -1.40. The van der Waals surface area contributed by atoms with E-state index in [-0.39, 0.29) is 12.2 Å². The Labute approximate surface area is 211 Å². The van der Waals surface area contributed by atoms with Gasteiger partial charge in [-0.3, -0.25) is 0 Å². The fourth-order valence-electron chi connectivity index (χ4n) is 4.11. The van der Waals surface area contributed by atoms with Gasteiger partial charge in [0.25, 0.3) is 0 Å². The summed E-state index contributed by atoms with van der Waals surface area (Å²) in [5.41, 5.74) is 4.36. The molecule has 0 saturated heterocycles. The second-order valence-electron chi connectivity index (χ2n) is 8.39. The molecule has 0 fully saturated rings. The zero-order valence-electron chi connectivity index (χ0n) is 19.6. The van der Waals surface area contributed by atoms with Crippen LogP contribution in [0.2, 0.25) is 0 Å². The van der Waals surface area contributed by atoms with Crippen molar-refractivity contribution in [3.05, 3.63) is 65.1 Å². The molecule has 3 aromatic heterocycles. The summed E-state index contributed by atoms with van der Waals surface area (Å²) >= 11 is 1.42. The SMILES string of the molecule is CN(c1nc(-c2ccc(F)cc2)cs1)c1c(CC#N)nc2ccc(C3=CCN(S(C)(=O)=O)CC3)nn12. The van der Waals surface area contributed by atoms with E-state index >= 15 is 0 Å². The summed E-state index contributed by atoms with van der Waals surface area (Å²) in [4.78, 5) is 11.2. The first-order valence-corrected chi connectivity index (χ1v) is 13.8. The first-order chi connectivity index (χ1) is 17.2. The fourth-order valence-corrected chi connectivity index (χ4v) is 5.68. The average Bonchev–Trinajstić information content (AvgIpc) is 3.49. The number of halogens is 1. The lowest BCUT2D eigenvalue weighted by Crippen LogP contribution is -2.33. The van der Waals surface area contributed by atoms with Gasteiger partial charge in [0.15, 0.2) is 16.6 Å². The van der Waals surface area contributed by atoms with E-state index in [1.54, 1.807) is 16.6 Å².